The van der Waals surface area contributed by atoms with Crippen LogP contribution in [0.2, 0.25) is 0 Å². The molecule has 0 aromatic heterocycles. The molecule has 0 aromatic carbocycles. The predicted octanol–water partition coefficient (Wildman–Crippen LogP) is 0.655. The zero-order valence-corrected chi connectivity index (χ0v) is 10.2. The third-order valence-electron chi connectivity index (χ3n) is 4.29. The van der Waals surface area contributed by atoms with Crippen molar-refractivity contribution in [2.75, 3.05) is 13.2 Å². The minimum Gasteiger partial charge on any atom is -0.379 e. The van der Waals surface area contributed by atoms with Crippen LogP contribution in [0.5, 0.6) is 0 Å². The van der Waals surface area contributed by atoms with Crippen LogP contribution in [-0.2, 0) is 9.53 Å². The summed E-state index contributed by atoms with van der Waals surface area (Å²) < 4.78 is 5.21. The van der Waals surface area contributed by atoms with Gasteiger partial charge in [0.2, 0.25) is 5.91 Å². The maximum atomic E-state index is 12.1. The Labute approximate surface area is 96.9 Å². The first-order valence-corrected chi connectivity index (χ1v) is 6.20. The molecule has 0 radical (unpaired) electrons. The van der Waals surface area contributed by atoms with Gasteiger partial charge in [-0.3, -0.25) is 4.79 Å². The van der Waals surface area contributed by atoms with Gasteiger partial charge in [0.25, 0.3) is 0 Å². The van der Waals surface area contributed by atoms with E-state index in [-0.39, 0.29) is 5.91 Å². The molecule has 3 N–H and O–H groups in total. The van der Waals surface area contributed by atoms with Gasteiger partial charge in [-0.15, -0.1) is 0 Å². The average Bonchev–Trinajstić information content (AvgIpc) is 2.81. The van der Waals surface area contributed by atoms with E-state index in [1.807, 2.05) is 0 Å². The molecule has 0 bridgehead atoms. The normalized spacial score (nSPS) is 43.6. The minimum absolute atomic E-state index is 0.0315. The first-order chi connectivity index (χ1) is 7.53. The fourth-order valence-corrected chi connectivity index (χ4v) is 2.64. The number of carbonyl (C=O) groups excluding carboxylic acids is 1. The Morgan fingerprint density at radius 1 is 1.44 bits per heavy atom. The molecule has 1 saturated carbocycles. The number of rotatable bonds is 2. The summed E-state index contributed by atoms with van der Waals surface area (Å²) in [5, 5.41) is 3.10. The summed E-state index contributed by atoms with van der Waals surface area (Å²) in [7, 11) is 0. The summed E-state index contributed by atoms with van der Waals surface area (Å²) in [6.07, 6.45) is 2.90. The SMILES string of the molecule is CC1CCC(NC(=O)C2(N)CCOC2)C1C. The highest BCUT2D eigenvalue weighted by atomic mass is 16.5. The zero-order valence-electron chi connectivity index (χ0n) is 10.2. The molecule has 4 heteroatoms. The number of ether oxygens (including phenoxy) is 1. The Bertz CT molecular complexity index is 274. The van der Waals surface area contributed by atoms with Crippen molar-refractivity contribution >= 4 is 5.91 Å². The standard InChI is InChI=1S/C12H22N2O2/c1-8-3-4-10(9(8)2)14-11(15)12(13)5-6-16-7-12/h8-10H,3-7,13H2,1-2H3,(H,14,15). The first kappa shape index (κ1) is 11.9. The lowest BCUT2D eigenvalue weighted by atomic mass is 9.95. The molecule has 1 aliphatic heterocycles. The Morgan fingerprint density at radius 3 is 2.69 bits per heavy atom. The Morgan fingerprint density at radius 2 is 2.19 bits per heavy atom. The molecule has 92 valence electrons. The summed E-state index contributed by atoms with van der Waals surface area (Å²) in [4.78, 5) is 12.1. The molecule has 4 unspecified atom stereocenters. The first-order valence-electron chi connectivity index (χ1n) is 6.20. The number of nitrogens with two attached hydrogens (primary N) is 1. The molecule has 1 aliphatic carbocycles. The summed E-state index contributed by atoms with van der Waals surface area (Å²) in [6.45, 7) is 5.40. The van der Waals surface area contributed by atoms with Crippen LogP contribution in [0, 0.1) is 11.8 Å². The molecule has 4 nitrogen and oxygen atoms in total. The van der Waals surface area contributed by atoms with Crippen LogP contribution in [0.15, 0.2) is 0 Å². The minimum atomic E-state index is -0.786. The summed E-state index contributed by atoms with van der Waals surface area (Å²) in [5.41, 5.74) is 5.24. The van der Waals surface area contributed by atoms with Gasteiger partial charge in [0.15, 0.2) is 0 Å². The van der Waals surface area contributed by atoms with Gasteiger partial charge in [-0.2, -0.15) is 0 Å². The van der Waals surface area contributed by atoms with Crippen LogP contribution in [0.3, 0.4) is 0 Å². The fraction of sp³-hybridized carbons (Fsp3) is 0.917. The molecule has 1 heterocycles. The van der Waals surface area contributed by atoms with E-state index in [0.29, 0.717) is 37.5 Å². The third kappa shape index (κ3) is 2.09. The van der Waals surface area contributed by atoms with Crippen LogP contribution < -0.4 is 11.1 Å². The van der Waals surface area contributed by atoms with Crippen molar-refractivity contribution in [3.63, 3.8) is 0 Å². The van der Waals surface area contributed by atoms with E-state index in [0.717, 1.165) is 6.42 Å². The second-order valence-electron chi connectivity index (χ2n) is 5.45. The topological polar surface area (TPSA) is 64.4 Å². The van der Waals surface area contributed by atoms with Crippen molar-refractivity contribution in [2.45, 2.75) is 44.7 Å². The molecule has 0 spiro atoms. The molecule has 1 amide bonds. The highest BCUT2D eigenvalue weighted by Gasteiger charge is 2.41. The maximum absolute atomic E-state index is 12.1. The third-order valence-corrected chi connectivity index (χ3v) is 4.29. The molecule has 0 aromatic rings. The summed E-state index contributed by atoms with van der Waals surface area (Å²) >= 11 is 0. The lowest BCUT2D eigenvalue weighted by Gasteiger charge is -2.26. The van der Waals surface area contributed by atoms with Gasteiger partial charge in [-0.25, -0.2) is 0 Å². The van der Waals surface area contributed by atoms with Gasteiger partial charge in [-0.05, 0) is 31.1 Å². The van der Waals surface area contributed by atoms with Gasteiger partial charge in [0.1, 0.15) is 5.54 Å². The fourth-order valence-electron chi connectivity index (χ4n) is 2.64. The van der Waals surface area contributed by atoms with E-state index in [1.165, 1.54) is 6.42 Å². The van der Waals surface area contributed by atoms with E-state index in [1.54, 1.807) is 0 Å². The van der Waals surface area contributed by atoms with Crippen LogP contribution in [0.4, 0.5) is 0 Å². The molecule has 1 saturated heterocycles. The zero-order chi connectivity index (χ0) is 11.8. The van der Waals surface area contributed by atoms with Gasteiger partial charge in [-0.1, -0.05) is 13.8 Å². The average molecular weight is 226 g/mol. The predicted molar refractivity (Wildman–Crippen MR) is 61.8 cm³/mol. The lowest BCUT2D eigenvalue weighted by molar-refractivity contribution is -0.127. The molecular weight excluding hydrogens is 204 g/mol. The van der Waals surface area contributed by atoms with Crippen molar-refractivity contribution in [1.29, 1.82) is 0 Å². The Kier molecular flexibility index (Phi) is 3.22. The second kappa shape index (κ2) is 4.34. The largest absolute Gasteiger partial charge is 0.379 e. The van der Waals surface area contributed by atoms with Crippen LogP contribution in [0.1, 0.15) is 33.1 Å². The van der Waals surface area contributed by atoms with Crippen molar-refractivity contribution in [1.82, 2.24) is 5.32 Å². The second-order valence-corrected chi connectivity index (χ2v) is 5.45. The molecular formula is C12H22N2O2. The van der Waals surface area contributed by atoms with Crippen molar-refractivity contribution in [3.8, 4) is 0 Å². The smallest absolute Gasteiger partial charge is 0.242 e. The van der Waals surface area contributed by atoms with E-state index >= 15 is 0 Å². The van der Waals surface area contributed by atoms with Crippen molar-refractivity contribution in [2.24, 2.45) is 17.6 Å². The number of hydrogen-bond acceptors (Lipinski definition) is 3. The quantitative estimate of drug-likeness (QED) is 0.727. The van der Waals surface area contributed by atoms with Crippen LogP contribution in [-0.4, -0.2) is 30.7 Å². The van der Waals surface area contributed by atoms with E-state index in [2.05, 4.69) is 19.2 Å². The van der Waals surface area contributed by atoms with E-state index < -0.39 is 5.54 Å². The summed E-state index contributed by atoms with van der Waals surface area (Å²) in [6, 6.07) is 0.295. The Balaban J connectivity index is 1.92. The number of nitrogens with one attached hydrogen (secondary N) is 1. The van der Waals surface area contributed by atoms with Gasteiger partial charge < -0.3 is 15.8 Å². The van der Waals surface area contributed by atoms with Gasteiger partial charge >= 0.3 is 0 Å². The number of amides is 1. The lowest BCUT2D eigenvalue weighted by Crippen LogP contribution is -2.57. The molecule has 2 rings (SSSR count). The highest BCUT2D eigenvalue weighted by molar-refractivity contribution is 5.86. The molecule has 2 aliphatic rings. The number of hydrogen-bond donors (Lipinski definition) is 2. The highest BCUT2D eigenvalue weighted by Crippen LogP contribution is 2.31. The molecule has 16 heavy (non-hydrogen) atoms. The van der Waals surface area contributed by atoms with Crippen LogP contribution >= 0.6 is 0 Å². The molecule has 4 atom stereocenters. The Hall–Kier alpha value is -0.610. The van der Waals surface area contributed by atoms with Crippen LogP contribution in [0.25, 0.3) is 0 Å². The maximum Gasteiger partial charge on any atom is 0.242 e. The van der Waals surface area contributed by atoms with Crippen molar-refractivity contribution in [3.05, 3.63) is 0 Å². The number of carbonyl (C=O) groups is 1. The van der Waals surface area contributed by atoms with Gasteiger partial charge in [0, 0.05) is 12.6 Å². The van der Waals surface area contributed by atoms with Gasteiger partial charge in [0.05, 0.1) is 6.61 Å². The van der Waals surface area contributed by atoms with E-state index in [9.17, 15) is 4.79 Å². The van der Waals surface area contributed by atoms with Crippen molar-refractivity contribution < 1.29 is 9.53 Å². The molecule has 2 fully saturated rings. The van der Waals surface area contributed by atoms with E-state index in [4.69, 9.17) is 10.5 Å². The monoisotopic (exact) mass is 226 g/mol. The summed E-state index contributed by atoms with van der Waals surface area (Å²) in [5.74, 6) is 1.21.